The molecule has 2 amide bonds. The molecule has 0 aliphatic carbocycles. The monoisotopic (exact) mass is 416 g/mol. The lowest BCUT2D eigenvalue weighted by molar-refractivity contribution is -0.145. The van der Waals surface area contributed by atoms with Gasteiger partial charge >= 0.3 is 5.97 Å². The van der Waals surface area contributed by atoms with Crippen LogP contribution in [0.4, 0.5) is 5.00 Å². The van der Waals surface area contributed by atoms with Gasteiger partial charge in [0.15, 0.2) is 0 Å². The Kier molecular flexibility index (Phi) is 6.66. The zero-order valence-electron chi connectivity index (χ0n) is 16.7. The van der Waals surface area contributed by atoms with E-state index in [0.717, 1.165) is 10.4 Å². The van der Waals surface area contributed by atoms with Gasteiger partial charge in [-0.25, -0.2) is 4.79 Å². The molecule has 1 saturated heterocycles. The Morgan fingerprint density at radius 2 is 1.79 bits per heavy atom. The highest BCUT2D eigenvalue weighted by molar-refractivity contribution is 7.16. The molecule has 1 aromatic carbocycles. The average Bonchev–Trinajstić information content (AvgIpc) is 2.99. The fraction of sp³-hybridized carbons (Fsp3) is 0.381. The normalized spacial score (nSPS) is 14.9. The molecule has 0 radical (unpaired) electrons. The van der Waals surface area contributed by atoms with Crippen LogP contribution in [0.15, 0.2) is 30.3 Å². The number of benzene rings is 1. The van der Waals surface area contributed by atoms with E-state index in [4.69, 9.17) is 9.47 Å². The summed E-state index contributed by atoms with van der Waals surface area (Å²) in [5.41, 5.74) is 1.62. The molecular formula is C21H24N2O5S. The number of morpholine rings is 1. The number of ether oxygens (including phenoxy) is 2. The number of aryl methyl sites for hydroxylation is 1. The van der Waals surface area contributed by atoms with E-state index in [0.29, 0.717) is 42.4 Å². The van der Waals surface area contributed by atoms with E-state index in [2.05, 4.69) is 5.32 Å². The summed E-state index contributed by atoms with van der Waals surface area (Å²) < 4.78 is 11.1. The smallest absolute Gasteiger partial charge is 0.342 e. The number of hydrogen-bond donors (Lipinski definition) is 1. The number of nitrogens with one attached hydrogen (secondary N) is 1. The number of thiophene rings is 1. The second kappa shape index (κ2) is 9.19. The van der Waals surface area contributed by atoms with E-state index in [1.54, 1.807) is 36.1 Å². The fourth-order valence-corrected chi connectivity index (χ4v) is 4.22. The van der Waals surface area contributed by atoms with Gasteiger partial charge in [-0.05, 0) is 19.4 Å². The van der Waals surface area contributed by atoms with Crippen LogP contribution in [0.5, 0.6) is 0 Å². The first-order chi connectivity index (χ1) is 13.9. The maximum atomic E-state index is 13.1. The van der Waals surface area contributed by atoms with Crippen molar-refractivity contribution < 1.29 is 23.9 Å². The average molecular weight is 416 g/mol. The Bertz CT molecular complexity index is 903. The number of amides is 2. The van der Waals surface area contributed by atoms with E-state index in [1.165, 1.54) is 18.3 Å². The Morgan fingerprint density at radius 3 is 2.41 bits per heavy atom. The van der Waals surface area contributed by atoms with Crippen molar-refractivity contribution in [3.05, 3.63) is 51.9 Å². The summed E-state index contributed by atoms with van der Waals surface area (Å²) in [4.78, 5) is 40.3. The van der Waals surface area contributed by atoms with E-state index >= 15 is 0 Å². The Hall–Kier alpha value is -2.71. The van der Waals surface area contributed by atoms with E-state index in [9.17, 15) is 14.4 Å². The van der Waals surface area contributed by atoms with Gasteiger partial charge in [0, 0.05) is 30.5 Å². The number of esters is 1. The van der Waals surface area contributed by atoms with Crippen molar-refractivity contribution in [3.63, 3.8) is 0 Å². The SMILES string of the molecule is CC(=O)Nc1sc(C)c(C)c1C(=O)OC(C(=O)N1CCOCC1)c1ccccc1. The number of carbonyl (C=O) groups is 3. The van der Waals surface area contributed by atoms with Crippen LogP contribution in [0.1, 0.15) is 39.4 Å². The minimum atomic E-state index is -1.06. The third kappa shape index (κ3) is 4.83. The maximum Gasteiger partial charge on any atom is 0.342 e. The van der Waals surface area contributed by atoms with Gasteiger partial charge in [-0.3, -0.25) is 9.59 Å². The minimum absolute atomic E-state index is 0.274. The number of anilines is 1. The van der Waals surface area contributed by atoms with Crippen LogP contribution in [0.2, 0.25) is 0 Å². The van der Waals surface area contributed by atoms with Gasteiger partial charge in [0.25, 0.3) is 5.91 Å². The Morgan fingerprint density at radius 1 is 1.14 bits per heavy atom. The van der Waals surface area contributed by atoms with Gasteiger partial charge in [0.1, 0.15) is 5.00 Å². The van der Waals surface area contributed by atoms with E-state index < -0.39 is 12.1 Å². The van der Waals surface area contributed by atoms with Gasteiger partial charge in [-0.1, -0.05) is 30.3 Å². The molecule has 1 aromatic heterocycles. The predicted octanol–water partition coefficient (Wildman–Crippen LogP) is 3.08. The van der Waals surface area contributed by atoms with Crippen molar-refractivity contribution >= 4 is 34.1 Å². The van der Waals surface area contributed by atoms with E-state index in [-0.39, 0.29) is 11.8 Å². The van der Waals surface area contributed by atoms with Crippen LogP contribution in [0.3, 0.4) is 0 Å². The third-order valence-corrected chi connectivity index (χ3v) is 5.88. The van der Waals surface area contributed by atoms with Gasteiger partial charge < -0.3 is 19.7 Å². The van der Waals surface area contributed by atoms with Gasteiger partial charge in [0.05, 0.1) is 18.8 Å². The molecule has 1 aliphatic heterocycles. The third-order valence-electron chi connectivity index (χ3n) is 4.75. The molecule has 29 heavy (non-hydrogen) atoms. The summed E-state index contributed by atoms with van der Waals surface area (Å²) in [6.07, 6.45) is -1.06. The van der Waals surface area contributed by atoms with Gasteiger partial charge in [0.2, 0.25) is 12.0 Å². The lowest BCUT2D eigenvalue weighted by atomic mass is 10.1. The number of nitrogens with zero attached hydrogens (tertiary/aromatic N) is 1. The molecule has 154 valence electrons. The fourth-order valence-electron chi connectivity index (χ4n) is 3.13. The summed E-state index contributed by atoms with van der Waals surface area (Å²) >= 11 is 1.31. The Labute approximate surface area is 173 Å². The van der Waals surface area contributed by atoms with Gasteiger partial charge in [-0.2, -0.15) is 0 Å². The van der Waals surface area contributed by atoms with Crippen LogP contribution in [-0.4, -0.2) is 49.0 Å². The van der Waals surface area contributed by atoms with Crippen molar-refractivity contribution in [1.82, 2.24) is 4.90 Å². The molecule has 0 saturated carbocycles. The molecule has 1 fully saturated rings. The van der Waals surface area contributed by atoms with Gasteiger partial charge in [-0.15, -0.1) is 11.3 Å². The van der Waals surface area contributed by atoms with Crippen molar-refractivity contribution in [2.75, 3.05) is 31.6 Å². The highest BCUT2D eigenvalue weighted by Crippen LogP contribution is 2.34. The number of hydrogen-bond acceptors (Lipinski definition) is 6. The van der Waals surface area contributed by atoms with Crippen molar-refractivity contribution in [3.8, 4) is 0 Å². The Balaban J connectivity index is 1.91. The minimum Gasteiger partial charge on any atom is -0.444 e. The molecule has 0 spiro atoms. The van der Waals surface area contributed by atoms with Crippen LogP contribution < -0.4 is 5.32 Å². The summed E-state index contributed by atoms with van der Waals surface area (Å²) in [5, 5.41) is 3.12. The molecule has 1 aliphatic rings. The molecule has 7 nitrogen and oxygen atoms in total. The quantitative estimate of drug-likeness (QED) is 0.757. The first-order valence-electron chi connectivity index (χ1n) is 9.38. The lowest BCUT2D eigenvalue weighted by Crippen LogP contribution is -2.44. The zero-order chi connectivity index (χ0) is 21.0. The lowest BCUT2D eigenvalue weighted by Gasteiger charge is -2.30. The van der Waals surface area contributed by atoms with Crippen LogP contribution in [-0.2, 0) is 19.1 Å². The predicted molar refractivity (Wildman–Crippen MR) is 110 cm³/mol. The first-order valence-corrected chi connectivity index (χ1v) is 10.2. The molecule has 2 heterocycles. The van der Waals surface area contributed by atoms with E-state index in [1.807, 2.05) is 13.0 Å². The first kappa shape index (κ1) is 21.0. The topological polar surface area (TPSA) is 84.9 Å². The number of carbonyl (C=O) groups excluding carboxylic acids is 3. The molecule has 8 heteroatoms. The van der Waals surface area contributed by atoms with Crippen molar-refractivity contribution in [1.29, 1.82) is 0 Å². The molecule has 1 atom stereocenters. The maximum absolute atomic E-state index is 13.1. The summed E-state index contributed by atoms with van der Waals surface area (Å²) in [5.74, 6) is -1.19. The summed E-state index contributed by atoms with van der Waals surface area (Å²) in [7, 11) is 0. The summed E-state index contributed by atoms with van der Waals surface area (Å²) in [6.45, 7) is 6.87. The second-order valence-corrected chi connectivity index (χ2v) is 8.03. The highest BCUT2D eigenvalue weighted by Gasteiger charge is 2.32. The molecule has 0 bridgehead atoms. The molecule has 3 rings (SSSR count). The molecule has 1 N–H and O–H groups in total. The van der Waals surface area contributed by atoms with Crippen LogP contribution >= 0.6 is 11.3 Å². The molecule has 1 unspecified atom stereocenters. The standard InChI is InChI=1S/C21H24N2O5S/c1-13-14(2)29-19(22-15(3)24)17(13)21(26)28-18(16-7-5-4-6-8-16)20(25)23-9-11-27-12-10-23/h4-8,18H,9-12H2,1-3H3,(H,22,24). The highest BCUT2D eigenvalue weighted by atomic mass is 32.1. The number of rotatable bonds is 5. The van der Waals surface area contributed by atoms with Crippen molar-refractivity contribution in [2.45, 2.75) is 26.9 Å². The molecular weight excluding hydrogens is 392 g/mol. The summed E-state index contributed by atoms with van der Waals surface area (Å²) in [6, 6.07) is 8.95. The molecule has 2 aromatic rings. The second-order valence-electron chi connectivity index (χ2n) is 6.80. The van der Waals surface area contributed by atoms with Crippen LogP contribution in [0, 0.1) is 13.8 Å². The van der Waals surface area contributed by atoms with Crippen molar-refractivity contribution in [2.24, 2.45) is 0 Å². The largest absolute Gasteiger partial charge is 0.444 e. The van der Waals surface area contributed by atoms with Crippen LogP contribution in [0.25, 0.3) is 0 Å². The zero-order valence-corrected chi connectivity index (χ0v) is 17.5.